The molecule has 2 aromatic rings. The summed E-state index contributed by atoms with van der Waals surface area (Å²) >= 11 is 0. The average Bonchev–Trinajstić information content (AvgIpc) is 2.46. The largest absolute Gasteiger partial charge is 0.497 e. The average molecular weight is 262 g/mol. The molecule has 0 amide bonds. The van der Waals surface area contributed by atoms with Crippen LogP contribution in [0.15, 0.2) is 36.5 Å². The molecular weight excluding hydrogens is 247 g/mol. The van der Waals surface area contributed by atoms with Gasteiger partial charge in [0.25, 0.3) is 0 Å². The van der Waals surface area contributed by atoms with Crippen LogP contribution in [0.2, 0.25) is 0 Å². The first-order valence-electron chi connectivity index (χ1n) is 5.75. The molecule has 0 aliphatic heterocycles. The summed E-state index contributed by atoms with van der Waals surface area (Å²) in [5.41, 5.74) is 6.90. The van der Waals surface area contributed by atoms with Crippen molar-refractivity contribution in [3.8, 4) is 11.5 Å². The number of rotatable bonds is 4. The second-order valence-corrected chi connectivity index (χ2v) is 3.96. The van der Waals surface area contributed by atoms with Gasteiger partial charge in [-0.25, -0.2) is 4.39 Å². The van der Waals surface area contributed by atoms with Crippen LogP contribution in [0.5, 0.6) is 11.5 Å². The Morgan fingerprint density at radius 1 is 1.21 bits per heavy atom. The van der Waals surface area contributed by atoms with Gasteiger partial charge in [0.1, 0.15) is 17.3 Å². The first-order chi connectivity index (χ1) is 9.17. The number of aromatic nitrogens is 1. The molecule has 1 unspecified atom stereocenters. The van der Waals surface area contributed by atoms with Crippen LogP contribution in [0, 0.1) is 5.82 Å². The molecule has 1 aromatic heterocycles. The summed E-state index contributed by atoms with van der Waals surface area (Å²) in [6.07, 6.45) is 1.51. The Kier molecular flexibility index (Phi) is 3.97. The lowest BCUT2D eigenvalue weighted by molar-refractivity contribution is 0.389. The summed E-state index contributed by atoms with van der Waals surface area (Å²) in [4.78, 5) is 3.99. The molecule has 5 heteroatoms. The minimum absolute atomic E-state index is 0.186. The third kappa shape index (κ3) is 2.66. The third-order valence-electron chi connectivity index (χ3n) is 2.86. The molecule has 0 spiro atoms. The lowest BCUT2D eigenvalue weighted by Gasteiger charge is -2.16. The van der Waals surface area contributed by atoms with E-state index in [4.69, 9.17) is 15.2 Å². The number of hydrogen-bond acceptors (Lipinski definition) is 4. The van der Waals surface area contributed by atoms with E-state index >= 15 is 0 Å². The molecule has 4 nitrogen and oxygen atoms in total. The lowest BCUT2D eigenvalue weighted by Crippen LogP contribution is -2.16. The molecule has 0 aliphatic rings. The van der Waals surface area contributed by atoms with Crippen LogP contribution in [-0.4, -0.2) is 19.2 Å². The zero-order chi connectivity index (χ0) is 13.8. The molecule has 100 valence electrons. The highest BCUT2D eigenvalue weighted by Crippen LogP contribution is 2.31. The molecule has 0 aliphatic carbocycles. The number of halogens is 1. The van der Waals surface area contributed by atoms with Gasteiger partial charge < -0.3 is 15.2 Å². The van der Waals surface area contributed by atoms with Crippen molar-refractivity contribution in [2.45, 2.75) is 6.04 Å². The summed E-state index contributed by atoms with van der Waals surface area (Å²) in [5.74, 6) is 0.749. The van der Waals surface area contributed by atoms with Gasteiger partial charge in [-0.1, -0.05) is 0 Å². The fraction of sp³-hybridized carbons (Fsp3) is 0.214. The highest BCUT2D eigenvalue weighted by molar-refractivity contribution is 5.45. The van der Waals surface area contributed by atoms with Crippen LogP contribution >= 0.6 is 0 Å². The third-order valence-corrected chi connectivity index (χ3v) is 2.86. The summed E-state index contributed by atoms with van der Waals surface area (Å²) in [5, 5.41) is 0. The number of methoxy groups -OCH3 is 2. The molecular formula is C14H15FN2O2. The van der Waals surface area contributed by atoms with Crippen LogP contribution in [-0.2, 0) is 0 Å². The summed E-state index contributed by atoms with van der Waals surface area (Å²) in [6, 6.07) is 7.36. The maximum Gasteiger partial charge on any atom is 0.146 e. The van der Waals surface area contributed by atoms with Gasteiger partial charge in [0.2, 0.25) is 0 Å². The van der Waals surface area contributed by atoms with Gasteiger partial charge >= 0.3 is 0 Å². The number of nitrogens with zero attached hydrogens (tertiary/aromatic N) is 1. The Hall–Kier alpha value is -2.14. The smallest absolute Gasteiger partial charge is 0.146 e. The van der Waals surface area contributed by atoms with Gasteiger partial charge in [0, 0.05) is 17.8 Å². The molecule has 1 heterocycles. The number of pyridine rings is 1. The van der Waals surface area contributed by atoms with Crippen LogP contribution in [0.4, 0.5) is 4.39 Å². The van der Waals surface area contributed by atoms with Crippen molar-refractivity contribution >= 4 is 0 Å². The SMILES string of the molecule is COc1ccc(C(N)c2ncccc2F)c(OC)c1. The van der Waals surface area contributed by atoms with Crippen LogP contribution in [0.3, 0.4) is 0 Å². The van der Waals surface area contributed by atoms with Crippen LogP contribution in [0.1, 0.15) is 17.3 Å². The lowest BCUT2D eigenvalue weighted by atomic mass is 10.0. The molecule has 2 N–H and O–H groups in total. The Morgan fingerprint density at radius 3 is 2.63 bits per heavy atom. The second kappa shape index (κ2) is 5.67. The monoisotopic (exact) mass is 262 g/mol. The Bertz CT molecular complexity index is 575. The quantitative estimate of drug-likeness (QED) is 0.918. The molecule has 0 saturated heterocycles. The molecule has 19 heavy (non-hydrogen) atoms. The van der Waals surface area contributed by atoms with E-state index in [0.717, 1.165) is 0 Å². The van der Waals surface area contributed by atoms with E-state index < -0.39 is 11.9 Å². The van der Waals surface area contributed by atoms with Crippen molar-refractivity contribution in [1.82, 2.24) is 4.98 Å². The van der Waals surface area contributed by atoms with E-state index in [1.165, 1.54) is 25.4 Å². The first-order valence-corrected chi connectivity index (χ1v) is 5.75. The number of hydrogen-bond donors (Lipinski definition) is 1. The minimum Gasteiger partial charge on any atom is -0.497 e. The second-order valence-electron chi connectivity index (χ2n) is 3.96. The fourth-order valence-corrected chi connectivity index (χ4v) is 1.85. The Labute approximate surface area is 111 Å². The normalized spacial score (nSPS) is 12.0. The predicted octanol–water partition coefficient (Wildman–Crippen LogP) is 2.29. The van der Waals surface area contributed by atoms with Crippen LogP contribution < -0.4 is 15.2 Å². The van der Waals surface area contributed by atoms with Gasteiger partial charge in [-0.15, -0.1) is 0 Å². The molecule has 2 rings (SSSR count). The molecule has 0 fully saturated rings. The number of nitrogens with two attached hydrogens (primary N) is 1. The molecule has 0 saturated carbocycles. The van der Waals surface area contributed by atoms with Crippen molar-refractivity contribution in [2.24, 2.45) is 5.73 Å². The summed E-state index contributed by atoms with van der Waals surface area (Å²) < 4.78 is 24.1. The topological polar surface area (TPSA) is 57.4 Å². The van der Waals surface area contributed by atoms with E-state index in [-0.39, 0.29) is 5.69 Å². The maximum atomic E-state index is 13.7. The molecule has 1 aromatic carbocycles. The highest BCUT2D eigenvalue weighted by atomic mass is 19.1. The van der Waals surface area contributed by atoms with Crippen molar-refractivity contribution in [3.05, 3.63) is 53.6 Å². The van der Waals surface area contributed by atoms with E-state index in [1.807, 2.05) is 0 Å². The van der Waals surface area contributed by atoms with Crippen LogP contribution in [0.25, 0.3) is 0 Å². The number of ether oxygens (including phenoxy) is 2. The zero-order valence-electron chi connectivity index (χ0n) is 10.8. The minimum atomic E-state index is -0.693. The predicted molar refractivity (Wildman–Crippen MR) is 69.8 cm³/mol. The Morgan fingerprint density at radius 2 is 2.00 bits per heavy atom. The summed E-state index contributed by atoms with van der Waals surface area (Å²) in [7, 11) is 3.09. The van der Waals surface area contributed by atoms with Gasteiger partial charge in [-0.05, 0) is 24.3 Å². The molecule has 0 radical (unpaired) electrons. The summed E-state index contributed by atoms with van der Waals surface area (Å²) in [6.45, 7) is 0. The Balaban J connectivity index is 2.44. The first kappa shape index (κ1) is 13.3. The van der Waals surface area contributed by atoms with E-state index in [0.29, 0.717) is 17.1 Å². The molecule has 0 bridgehead atoms. The van der Waals surface area contributed by atoms with E-state index in [9.17, 15) is 4.39 Å². The van der Waals surface area contributed by atoms with Crippen molar-refractivity contribution in [2.75, 3.05) is 14.2 Å². The van der Waals surface area contributed by atoms with Gasteiger partial charge in [-0.3, -0.25) is 4.98 Å². The maximum absolute atomic E-state index is 13.7. The van der Waals surface area contributed by atoms with Crippen molar-refractivity contribution in [3.63, 3.8) is 0 Å². The zero-order valence-corrected chi connectivity index (χ0v) is 10.8. The van der Waals surface area contributed by atoms with Gasteiger partial charge in [0.05, 0.1) is 26.0 Å². The van der Waals surface area contributed by atoms with E-state index in [1.54, 1.807) is 25.3 Å². The van der Waals surface area contributed by atoms with E-state index in [2.05, 4.69) is 4.98 Å². The van der Waals surface area contributed by atoms with Crippen molar-refractivity contribution in [1.29, 1.82) is 0 Å². The van der Waals surface area contributed by atoms with Gasteiger partial charge in [0.15, 0.2) is 0 Å². The standard InChI is InChI=1S/C14H15FN2O2/c1-18-9-5-6-10(12(8-9)19-2)13(16)14-11(15)4-3-7-17-14/h3-8,13H,16H2,1-2H3. The highest BCUT2D eigenvalue weighted by Gasteiger charge is 2.19. The fourth-order valence-electron chi connectivity index (χ4n) is 1.85. The van der Waals surface area contributed by atoms with Gasteiger partial charge in [-0.2, -0.15) is 0 Å². The van der Waals surface area contributed by atoms with Crippen molar-refractivity contribution < 1.29 is 13.9 Å². The number of benzene rings is 1. The molecule has 1 atom stereocenters.